The van der Waals surface area contributed by atoms with E-state index in [2.05, 4.69) is 25.2 Å². The normalized spacial score (nSPS) is 19.6. The molecule has 0 bridgehead atoms. The van der Waals surface area contributed by atoms with Crippen LogP contribution in [0.4, 0.5) is 0 Å². The van der Waals surface area contributed by atoms with E-state index in [-0.39, 0.29) is 0 Å². The molecule has 0 heterocycles. The van der Waals surface area contributed by atoms with Crippen molar-refractivity contribution in [3.05, 3.63) is 11.6 Å². The van der Waals surface area contributed by atoms with E-state index in [1.165, 1.54) is 18.4 Å². The van der Waals surface area contributed by atoms with Crippen molar-refractivity contribution >= 4 is 0 Å². The minimum absolute atomic E-state index is 0.929. The van der Waals surface area contributed by atoms with Crippen LogP contribution < -0.4 is 5.32 Å². The maximum atomic E-state index is 3.31. The van der Waals surface area contributed by atoms with Gasteiger partial charge in [-0.05, 0) is 32.2 Å². The molecular weight excluding hydrogens is 122 g/mol. The van der Waals surface area contributed by atoms with Gasteiger partial charge in [0.1, 0.15) is 0 Å². The number of likely N-dealkylation sites (N-methyl/N-ethyl adjacent to an activating group) is 1. The third-order valence-electron chi connectivity index (χ3n) is 1.80. The molecule has 0 aromatic rings. The molecule has 10 heavy (non-hydrogen) atoms. The fraction of sp³-hybridized carbons (Fsp3) is 0.778. The molecule has 1 aliphatic rings. The SMILES string of the molecule is CCNCC(C)=CC1CC1. The van der Waals surface area contributed by atoms with Crippen molar-refractivity contribution in [2.75, 3.05) is 13.1 Å². The monoisotopic (exact) mass is 139 g/mol. The van der Waals surface area contributed by atoms with E-state index in [1.807, 2.05) is 0 Å². The number of hydrogen-bond donors (Lipinski definition) is 1. The van der Waals surface area contributed by atoms with Crippen LogP contribution in [0.5, 0.6) is 0 Å². The smallest absolute Gasteiger partial charge is 0.0161 e. The minimum atomic E-state index is 0.929. The molecule has 1 saturated carbocycles. The van der Waals surface area contributed by atoms with Crippen molar-refractivity contribution < 1.29 is 0 Å². The lowest BCUT2D eigenvalue weighted by atomic mass is 10.2. The van der Waals surface area contributed by atoms with Crippen LogP contribution in [0.15, 0.2) is 11.6 Å². The summed E-state index contributed by atoms with van der Waals surface area (Å²) in [7, 11) is 0. The summed E-state index contributed by atoms with van der Waals surface area (Å²) in [6, 6.07) is 0. The van der Waals surface area contributed by atoms with Crippen LogP contribution in [0, 0.1) is 5.92 Å². The van der Waals surface area contributed by atoms with Gasteiger partial charge in [-0.25, -0.2) is 0 Å². The minimum Gasteiger partial charge on any atom is -0.313 e. The van der Waals surface area contributed by atoms with Crippen LogP contribution in [-0.2, 0) is 0 Å². The average molecular weight is 139 g/mol. The number of rotatable bonds is 4. The Balaban J connectivity index is 2.11. The molecule has 0 aromatic heterocycles. The zero-order valence-corrected chi connectivity index (χ0v) is 6.98. The van der Waals surface area contributed by atoms with E-state index in [0.29, 0.717) is 0 Å². The second kappa shape index (κ2) is 3.77. The van der Waals surface area contributed by atoms with Gasteiger partial charge in [-0.3, -0.25) is 0 Å². The molecule has 0 radical (unpaired) electrons. The van der Waals surface area contributed by atoms with E-state index in [9.17, 15) is 0 Å². The summed E-state index contributed by atoms with van der Waals surface area (Å²) < 4.78 is 0. The lowest BCUT2D eigenvalue weighted by molar-refractivity contribution is 0.771. The Morgan fingerprint density at radius 2 is 2.30 bits per heavy atom. The summed E-state index contributed by atoms with van der Waals surface area (Å²) in [4.78, 5) is 0. The van der Waals surface area contributed by atoms with Gasteiger partial charge in [0.25, 0.3) is 0 Å². The zero-order chi connectivity index (χ0) is 7.40. The van der Waals surface area contributed by atoms with Crippen LogP contribution in [-0.4, -0.2) is 13.1 Å². The maximum absolute atomic E-state index is 3.31. The molecule has 1 fully saturated rings. The predicted octanol–water partition coefficient (Wildman–Crippen LogP) is 1.95. The first kappa shape index (κ1) is 7.80. The van der Waals surface area contributed by atoms with Crippen molar-refractivity contribution in [1.29, 1.82) is 0 Å². The fourth-order valence-corrected chi connectivity index (χ4v) is 1.05. The molecule has 1 N–H and O–H groups in total. The Bertz CT molecular complexity index is 123. The molecule has 0 unspecified atom stereocenters. The number of allylic oxidation sites excluding steroid dienone is 1. The van der Waals surface area contributed by atoms with Crippen LogP contribution in [0.1, 0.15) is 26.7 Å². The van der Waals surface area contributed by atoms with Gasteiger partial charge in [0, 0.05) is 6.54 Å². The number of hydrogen-bond acceptors (Lipinski definition) is 1. The van der Waals surface area contributed by atoms with Gasteiger partial charge < -0.3 is 5.32 Å². The van der Waals surface area contributed by atoms with E-state index in [1.54, 1.807) is 0 Å². The van der Waals surface area contributed by atoms with Gasteiger partial charge in [-0.2, -0.15) is 0 Å². The number of nitrogens with one attached hydrogen (secondary N) is 1. The Morgan fingerprint density at radius 1 is 1.60 bits per heavy atom. The quantitative estimate of drug-likeness (QED) is 0.587. The van der Waals surface area contributed by atoms with Gasteiger partial charge in [0.05, 0.1) is 0 Å². The summed E-state index contributed by atoms with van der Waals surface area (Å²) in [5.41, 5.74) is 1.50. The van der Waals surface area contributed by atoms with Gasteiger partial charge in [0.15, 0.2) is 0 Å². The molecular formula is C9H17N. The largest absolute Gasteiger partial charge is 0.313 e. The van der Waals surface area contributed by atoms with Crippen molar-refractivity contribution in [3.63, 3.8) is 0 Å². The van der Waals surface area contributed by atoms with E-state index in [0.717, 1.165) is 19.0 Å². The highest BCUT2D eigenvalue weighted by molar-refractivity contribution is 5.06. The molecule has 0 spiro atoms. The standard InChI is InChI=1S/C9H17N/c1-3-10-7-8(2)6-9-4-5-9/h6,9-10H,3-5,7H2,1-2H3. The third kappa shape index (κ3) is 3.02. The Morgan fingerprint density at radius 3 is 2.80 bits per heavy atom. The topological polar surface area (TPSA) is 12.0 Å². The van der Waals surface area contributed by atoms with Crippen LogP contribution in [0.3, 0.4) is 0 Å². The van der Waals surface area contributed by atoms with Crippen molar-refractivity contribution in [1.82, 2.24) is 5.32 Å². The van der Waals surface area contributed by atoms with Crippen LogP contribution >= 0.6 is 0 Å². The highest BCUT2D eigenvalue weighted by Crippen LogP contribution is 2.31. The van der Waals surface area contributed by atoms with Crippen molar-refractivity contribution in [3.8, 4) is 0 Å². The Labute approximate surface area is 63.5 Å². The second-order valence-corrected chi connectivity index (χ2v) is 3.13. The van der Waals surface area contributed by atoms with Gasteiger partial charge in [-0.1, -0.05) is 18.6 Å². The van der Waals surface area contributed by atoms with Crippen molar-refractivity contribution in [2.45, 2.75) is 26.7 Å². The van der Waals surface area contributed by atoms with Crippen molar-refractivity contribution in [2.24, 2.45) is 5.92 Å². The molecule has 1 rings (SSSR count). The molecule has 0 saturated heterocycles. The summed E-state index contributed by atoms with van der Waals surface area (Å²) in [5.74, 6) is 0.929. The third-order valence-corrected chi connectivity index (χ3v) is 1.80. The lowest BCUT2D eigenvalue weighted by Crippen LogP contribution is -2.14. The van der Waals surface area contributed by atoms with Gasteiger partial charge in [0.2, 0.25) is 0 Å². The van der Waals surface area contributed by atoms with Gasteiger partial charge in [-0.15, -0.1) is 0 Å². The first-order valence-electron chi connectivity index (χ1n) is 4.21. The van der Waals surface area contributed by atoms with Crippen LogP contribution in [0.25, 0.3) is 0 Å². The molecule has 0 aromatic carbocycles. The predicted molar refractivity (Wildman–Crippen MR) is 45.0 cm³/mol. The lowest BCUT2D eigenvalue weighted by Gasteiger charge is -2.00. The molecule has 1 aliphatic carbocycles. The molecule has 0 atom stereocenters. The second-order valence-electron chi connectivity index (χ2n) is 3.13. The Kier molecular flexibility index (Phi) is 2.94. The molecule has 0 amide bonds. The highest BCUT2D eigenvalue weighted by Gasteiger charge is 2.17. The van der Waals surface area contributed by atoms with Gasteiger partial charge >= 0.3 is 0 Å². The maximum Gasteiger partial charge on any atom is 0.0161 e. The van der Waals surface area contributed by atoms with E-state index >= 15 is 0 Å². The Hall–Kier alpha value is -0.300. The first-order chi connectivity index (χ1) is 4.83. The molecule has 1 nitrogen and oxygen atoms in total. The first-order valence-corrected chi connectivity index (χ1v) is 4.21. The molecule has 0 aliphatic heterocycles. The summed E-state index contributed by atoms with van der Waals surface area (Å²) in [5, 5.41) is 3.31. The van der Waals surface area contributed by atoms with E-state index < -0.39 is 0 Å². The highest BCUT2D eigenvalue weighted by atomic mass is 14.8. The molecule has 1 heteroatoms. The average Bonchev–Trinajstić information content (AvgIpc) is 2.67. The summed E-state index contributed by atoms with van der Waals surface area (Å²) in [6.45, 7) is 6.51. The zero-order valence-electron chi connectivity index (χ0n) is 6.98. The summed E-state index contributed by atoms with van der Waals surface area (Å²) in [6.07, 6.45) is 5.25. The summed E-state index contributed by atoms with van der Waals surface area (Å²) >= 11 is 0. The van der Waals surface area contributed by atoms with E-state index in [4.69, 9.17) is 0 Å². The molecule has 58 valence electrons. The van der Waals surface area contributed by atoms with Crippen LogP contribution in [0.2, 0.25) is 0 Å². The fourth-order valence-electron chi connectivity index (χ4n) is 1.05.